The summed E-state index contributed by atoms with van der Waals surface area (Å²) in [7, 11) is 3.54. The number of aromatic nitrogens is 1. The summed E-state index contributed by atoms with van der Waals surface area (Å²) >= 11 is 0. The van der Waals surface area contributed by atoms with Crippen molar-refractivity contribution in [1.82, 2.24) is 4.57 Å². The van der Waals surface area contributed by atoms with E-state index in [-0.39, 0.29) is 11.3 Å². The van der Waals surface area contributed by atoms with Crippen LogP contribution in [0.5, 0.6) is 0 Å². The second-order valence-electron chi connectivity index (χ2n) is 7.58. The smallest absolute Gasteiger partial charge is 0.371 e. The maximum absolute atomic E-state index is 13.5. The minimum atomic E-state index is -4.54. The lowest BCUT2D eigenvalue weighted by Crippen LogP contribution is -2.34. The number of likely N-dealkylation sites (N-methyl/N-ethyl adjacent to an activating group) is 1. The maximum Gasteiger partial charge on any atom is 0.417 e. The molecule has 4 rings (SSSR count). The van der Waals surface area contributed by atoms with Crippen LogP contribution < -0.4 is 10.5 Å². The van der Waals surface area contributed by atoms with Crippen molar-refractivity contribution in [3.8, 4) is 0 Å². The molecule has 1 fully saturated rings. The Kier molecular flexibility index (Phi) is 3.47. The van der Waals surface area contributed by atoms with Crippen LogP contribution in [0.3, 0.4) is 0 Å². The van der Waals surface area contributed by atoms with E-state index in [2.05, 4.69) is 11.8 Å². The number of anilines is 1. The summed E-state index contributed by atoms with van der Waals surface area (Å²) in [5.41, 5.74) is 0.841. The lowest BCUT2D eigenvalue weighted by atomic mass is 9.77. The van der Waals surface area contributed by atoms with Crippen molar-refractivity contribution in [3.05, 3.63) is 39.7 Å². The summed E-state index contributed by atoms with van der Waals surface area (Å²) in [6.07, 6.45) is -1.34. The molecular weight excluding hydrogens is 329 g/mol. The van der Waals surface area contributed by atoms with Crippen LogP contribution in [0.15, 0.2) is 23.0 Å². The summed E-state index contributed by atoms with van der Waals surface area (Å²) in [5.74, 6) is 0.852. The molecule has 2 aromatic rings. The third-order valence-electron chi connectivity index (χ3n) is 6.05. The van der Waals surface area contributed by atoms with Gasteiger partial charge in [-0.15, -0.1) is 0 Å². The lowest BCUT2D eigenvalue weighted by molar-refractivity contribution is -0.136. The Bertz CT molecular complexity index is 915. The molecule has 0 bridgehead atoms. The number of rotatable bonds is 0. The van der Waals surface area contributed by atoms with Crippen molar-refractivity contribution in [2.24, 2.45) is 13.0 Å². The first kappa shape index (κ1) is 16.5. The van der Waals surface area contributed by atoms with Crippen LogP contribution in [0.1, 0.15) is 43.2 Å². The Morgan fingerprint density at radius 1 is 1.12 bits per heavy atom. The van der Waals surface area contributed by atoms with Gasteiger partial charge in [-0.05, 0) is 42.9 Å². The molecule has 3 nitrogen and oxygen atoms in total. The van der Waals surface area contributed by atoms with Crippen molar-refractivity contribution < 1.29 is 13.2 Å². The average molecular weight is 350 g/mol. The summed E-state index contributed by atoms with van der Waals surface area (Å²) in [4.78, 5) is 14.2. The van der Waals surface area contributed by atoms with Crippen LogP contribution in [0.2, 0.25) is 0 Å². The minimum Gasteiger partial charge on any atom is -0.371 e. The fourth-order valence-electron chi connectivity index (χ4n) is 4.68. The molecule has 1 aromatic heterocycles. The van der Waals surface area contributed by atoms with Gasteiger partial charge in [0.15, 0.2) is 0 Å². The first-order valence-electron chi connectivity index (χ1n) is 8.66. The molecule has 1 aromatic carbocycles. The lowest BCUT2D eigenvalue weighted by Gasteiger charge is -2.33. The van der Waals surface area contributed by atoms with Gasteiger partial charge >= 0.3 is 6.18 Å². The van der Waals surface area contributed by atoms with Gasteiger partial charge in [-0.3, -0.25) is 4.79 Å². The summed E-state index contributed by atoms with van der Waals surface area (Å²) in [6.45, 7) is 2.21. The van der Waals surface area contributed by atoms with Crippen LogP contribution in [0.4, 0.5) is 18.9 Å². The Morgan fingerprint density at radius 3 is 2.52 bits per heavy atom. The third kappa shape index (κ3) is 2.37. The number of pyridine rings is 1. The molecule has 0 N–H and O–H groups in total. The van der Waals surface area contributed by atoms with Gasteiger partial charge in [0.1, 0.15) is 0 Å². The molecular formula is C19H21F3N2O. The topological polar surface area (TPSA) is 25.2 Å². The van der Waals surface area contributed by atoms with Crippen LogP contribution in [-0.2, 0) is 13.2 Å². The molecule has 0 saturated heterocycles. The van der Waals surface area contributed by atoms with E-state index in [0.29, 0.717) is 23.5 Å². The zero-order valence-electron chi connectivity index (χ0n) is 14.5. The quantitative estimate of drug-likeness (QED) is 0.709. The van der Waals surface area contributed by atoms with Crippen LogP contribution in [0, 0.1) is 5.92 Å². The number of aryl methyl sites for hydroxylation is 1. The van der Waals surface area contributed by atoms with Gasteiger partial charge in [0.25, 0.3) is 5.56 Å². The molecule has 0 radical (unpaired) electrons. The number of benzene rings is 1. The van der Waals surface area contributed by atoms with Gasteiger partial charge in [-0.25, -0.2) is 0 Å². The molecule has 6 heteroatoms. The van der Waals surface area contributed by atoms with Crippen molar-refractivity contribution >= 4 is 16.6 Å². The van der Waals surface area contributed by atoms with Crippen LogP contribution in [-0.4, -0.2) is 17.7 Å². The van der Waals surface area contributed by atoms with Gasteiger partial charge in [0, 0.05) is 43.2 Å². The van der Waals surface area contributed by atoms with E-state index in [1.807, 2.05) is 7.05 Å². The molecule has 3 atom stereocenters. The van der Waals surface area contributed by atoms with Gasteiger partial charge in [0.05, 0.1) is 11.1 Å². The first-order chi connectivity index (χ1) is 11.7. The highest BCUT2D eigenvalue weighted by Crippen LogP contribution is 2.50. The Morgan fingerprint density at radius 2 is 1.84 bits per heavy atom. The van der Waals surface area contributed by atoms with E-state index in [1.165, 1.54) is 11.6 Å². The predicted octanol–water partition coefficient (Wildman–Crippen LogP) is 4.28. The molecule has 1 aliphatic carbocycles. The normalized spacial score (nSPS) is 26.0. The largest absolute Gasteiger partial charge is 0.417 e. The monoisotopic (exact) mass is 350 g/mol. The van der Waals surface area contributed by atoms with E-state index in [9.17, 15) is 18.0 Å². The van der Waals surface area contributed by atoms with Crippen molar-refractivity contribution in [3.63, 3.8) is 0 Å². The summed E-state index contributed by atoms with van der Waals surface area (Å²) < 4.78 is 41.8. The van der Waals surface area contributed by atoms with Gasteiger partial charge in [-0.1, -0.05) is 6.92 Å². The van der Waals surface area contributed by atoms with Crippen molar-refractivity contribution in [2.75, 3.05) is 11.9 Å². The Balaban J connectivity index is 2.01. The number of alkyl halides is 3. The number of halogens is 3. The van der Waals surface area contributed by atoms with Crippen molar-refractivity contribution in [2.45, 2.75) is 44.3 Å². The van der Waals surface area contributed by atoms with Gasteiger partial charge in [-0.2, -0.15) is 13.2 Å². The van der Waals surface area contributed by atoms with Crippen LogP contribution in [0.25, 0.3) is 10.9 Å². The highest BCUT2D eigenvalue weighted by Gasteiger charge is 2.41. The first-order valence-corrected chi connectivity index (χ1v) is 8.66. The van der Waals surface area contributed by atoms with E-state index in [1.54, 1.807) is 12.1 Å². The van der Waals surface area contributed by atoms with Gasteiger partial charge < -0.3 is 9.47 Å². The number of nitrogens with zero attached hydrogens (tertiary/aromatic N) is 2. The molecule has 134 valence electrons. The second-order valence-corrected chi connectivity index (χ2v) is 7.58. The van der Waals surface area contributed by atoms with E-state index >= 15 is 0 Å². The molecule has 0 unspecified atom stereocenters. The van der Waals surface area contributed by atoms with Crippen LogP contribution >= 0.6 is 0 Å². The number of hydrogen-bond donors (Lipinski definition) is 0. The van der Waals surface area contributed by atoms with E-state index in [0.717, 1.165) is 30.5 Å². The summed E-state index contributed by atoms with van der Waals surface area (Å²) in [5, 5.41) is 0.126. The molecule has 0 amide bonds. The van der Waals surface area contributed by atoms with Gasteiger partial charge in [0.2, 0.25) is 0 Å². The zero-order chi connectivity index (χ0) is 18.1. The van der Waals surface area contributed by atoms with Crippen molar-refractivity contribution in [1.29, 1.82) is 0 Å². The fraction of sp³-hybridized carbons (Fsp3) is 0.526. The standard InChI is InChI=1S/C19H21F3N2O/c1-10-4-5-15-11(6-10)12-7-13-14(19(20,21)22)8-18(25)24(3)17(13)9-16(12)23(15)2/h7-11,15H,4-6H2,1-3H3/t10-,11+,15+/m0/s1. The molecule has 0 spiro atoms. The molecule has 1 aliphatic heterocycles. The third-order valence-corrected chi connectivity index (χ3v) is 6.05. The molecule has 1 saturated carbocycles. The highest BCUT2D eigenvalue weighted by molar-refractivity contribution is 5.89. The fourth-order valence-corrected chi connectivity index (χ4v) is 4.68. The Hall–Kier alpha value is -1.98. The predicted molar refractivity (Wildman–Crippen MR) is 92.1 cm³/mol. The average Bonchev–Trinajstić information content (AvgIpc) is 2.80. The Labute approximate surface area is 144 Å². The second kappa shape index (κ2) is 5.26. The number of hydrogen-bond acceptors (Lipinski definition) is 2. The molecule has 2 heterocycles. The van der Waals surface area contributed by atoms with E-state index in [4.69, 9.17) is 0 Å². The minimum absolute atomic E-state index is 0.126. The summed E-state index contributed by atoms with van der Waals surface area (Å²) in [6, 6.07) is 4.51. The highest BCUT2D eigenvalue weighted by atomic mass is 19.4. The SMILES string of the molecule is C[C@H]1CC[C@@H]2[C@H](C1)c1cc3c(C(F)(F)F)cc(=O)n(C)c3cc1N2C. The molecule has 25 heavy (non-hydrogen) atoms. The maximum atomic E-state index is 13.5. The zero-order valence-corrected chi connectivity index (χ0v) is 14.5. The van der Waals surface area contributed by atoms with E-state index < -0.39 is 17.3 Å². The molecule has 2 aliphatic rings. The number of fused-ring (bicyclic) bond motifs is 4.